The number of hydrogen-bond donors (Lipinski definition) is 1. The standard InChI is InChI=1S/C16H25NO3S/c1-12-5-3-8-15(9-12)21(18,19)11-16(17)13-6-4-7-14(10-13)20-2/h4,6-7,10,12,15-16H,3,5,8-9,11,17H2,1-2H3. The molecule has 1 aromatic rings. The summed E-state index contributed by atoms with van der Waals surface area (Å²) >= 11 is 0. The van der Waals surface area contributed by atoms with Gasteiger partial charge in [-0.05, 0) is 36.5 Å². The SMILES string of the molecule is COc1cccc(C(N)CS(=O)(=O)C2CCCC(C)C2)c1. The third-order valence-electron chi connectivity index (χ3n) is 4.33. The summed E-state index contributed by atoms with van der Waals surface area (Å²) in [4.78, 5) is 0. The van der Waals surface area contributed by atoms with Crippen molar-refractivity contribution in [1.29, 1.82) is 0 Å². The minimum absolute atomic E-state index is 0.0115. The minimum Gasteiger partial charge on any atom is -0.497 e. The van der Waals surface area contributed by atoms with Crippen LogP contribution in [0.1, 0.15) is 44.2 Å². The Bertz CT molecular complexity index is 571. The lowest BCUT2D eigenvalue weighted by atomic mass is 9.91. The molecule has 21 heavy (non-hydrogen) atoms. The Balaban J connectivity index is 2.08. The van der Waals surface area contributed by atoms with Gasteiger partial charge in [0.15, 0.2) is 9.84 Å². The normalized spacial score (nSPS) is 24.5. The largest absolute Gasteiger partial charge is 0.497 e. The lowest BCUT2D eigenvalue weighted by Crippen LogP contribution is -2.33. The zero-order valence-electron chi connectivity index (χ0n) is 12.8. The van der Waals surface area contributed by atoms with Gasteiger partial charge in [-0.3, -0.25) is 0 Å². The molecule has 0 bridgehead atoms. The Hall–Kier alpha value is -1.07. The number of benzene rings is 1. The second kappa shape index (κ2) is 6.79. The van der Waals surface area contributed by atoms with E-state index in [0.29, 0.717) is 11.7 Å². The smallest absolute Gasteiger partial charge is 0.155 e. The van der Waals surface area contributed by atoms with E-state index in [4.69, 9.17) is 10.5 Å². The van der Waals surface area contributed by atoms with Crippen molar-refractivity contribution in [1.82, 2.24) is 0 Å². The van der Waals surface area contributed by atoms with Gasteiger partial charge < -0.3 is 10.5 Å². The molecule has 118 valence electrons. The molecule has 0 aromatic heterocycles. The molecule has 5 heteroatoms. The van der Waals surface area contributed by atoms with Gasteiger partial charge in [0.05, 0.1) is 18.1 Å². The lowest BCUT2D eigenvalue weighted by Gasteiger charge is -2.27. The monoisotopic (exact) mass is 311 g/mol. The van der Waals surface area contributed by atoms with Crippen LogP contribution >= 0.6 is 0 Å². The Labute approximate surface area is 127 Å². The van der Waals surface area contributed by atoms with E-state index in [1.54, 1.807) is 7.11 Å². The molecule has 1 saturated carbocycles. The summed E-state index contributed by atoms with van der Waals surface area (Å²) in [5.41, 5.74) is 6.92. The maximum Gasteiger partial charge on any atom is 0.155 e. The maximum atomic E-state index is 12.6. The van der Waals surface area contributed by atoms with E-state index in [9.17, 15) is 8.42 Å². The molecule has 1 aliphatic rings. The molecule has 1 fully saturated rings. The van der Waals surface area contributed by atoms with Crippen LogP contribution in [0.5, 0.6) is 5.75 Å². The van der Waals surface area contributed by atoms with Crippen molar-refractivity contribution in [3.05, 3.63) is 29.8 Å². The summed E-state index contributed by atoms with van der Waals surface area (Å²) in [6.07, 6.45) is 3.68. The Morgan fingerprint density at radius 3 is 2.81 bits per heavy atom. The van der Waals surface area contributed by atoms with Crippen molar-refractivity contribution in [3.8, 4) is 5.75 Å². The van der Waals surface area contributed by atoms with Crippen molar-refractivity contribution in [2.75, 3.05) is 12.9 Å². The third kappa shape index (κ3) is 4.20. The first-order valence-electron chi connectivity index (χ1n) is 7.53. The van der Waals surface area contributed by atoms with E-state index in [-0.39, 0.29) is 11.0 Å². The number of ether oxygens (including phenoxy) is 1. The van der Waals surface area contributed by atoms with Gasteiger partial charge in [-0.15, -0.1) is 0 Å². The molecular formula is C16H25NO3S. The summed E-state index contributed by atoms with van der Waals surface area (Å²) in [6, 6.07) is 6.83. The maximum absolute atomic E-state index is 12.6. The first-order chi connectivity index (χ1) is 9.92. The third-order valence-corrected chi connectivity index (χ3v) is 6.60. The fraction of sp³-hybridized carbons (Fsp3) is 0.625. The Kier molecular flexibility index (Phi) is 5.27. The van der Waals surface area contributed by atoms with Crippen LogP contribution in [0, 0.1) is 5.92 Å². The highest BCUT2D eigenvalue weighted by atomic mass is 32.2. The van der Waals surface area contributed by atoms with Crippen LogP contribution in [-0.2, 0) is 9.84 Å². The van der Waals surface area contributed by atoms with Crippen LogP contribution in [0.3, 0.4) is 0 Å². The van der Waals surface area contributed by atoms with Crippen molar-refractivity contribution in [2.24, 2.45) is 11.7 Å². The number of nitrogens with two attached hydrogens (primary N) is 1. The van der Waals surface area contributed by atoms with Crippen molar-refractivity contribution < 1.29 is 13.2 Å². The number of methoxy groups -OCH3 is 1. The number of hydrogen-bond acceptors (Lipinski definition) is 4. The summed E-state index contributed by atoms with van der Waals surface area (Å²) in [7, 11) is -1.56. The quantitative estimate of drug-likeness (QED) is 0.907. The molecular weight excluding hydrogens is 286 g/mol. The van der Waals surface area contributed by atoms with E-state index in [1.807, 2.05) is 24.3 Å². The highest BCUT2D eigenvalue weighted by Gasteiger charge is 2.31. The summed E-state index contributed by atoms with van der Waals surface area (Å²) < 4.78 is 30.3. The highest BCUT2D eigenvalue weighted by molar-refractivity contribution is 7.92. The van der Waals surface area contributed by atoms with Gasteiger partial charge in [-0.2, -0.15) is 0 Å². The molecule has 3 atom stereocenters. The van der Waals surface area contributed by atoms with Gasteiger partial charge >= 0.3 is 0 Å². The second-order valence-corrected chi connectivity index (χ2v) is 8.43. The molecule has 0 amide bonds. The highest BCUT2D eigenvalue weighted by Crippen LogP contribution is 2.30. The van der Waals surface area contributed by atoms with E-state index in [2.05, 4.69) is 6.92 Å². The van der Waals surface area contributed by atoms with Crippen molar-refractivity contribution in [3.63, 3.8) is 0 Å². The van der Waals surface area contributed by atoms with Gasteiger partial charge in [0, 0.05) is 6.04 Å². The summed E-state index contributed by atoms with van der Waals surface area (Å²) in [6.45, 7) is 2.13. The van der Waals surface area contributed by atoms with Crippen LogP contribution < -0.4 is 10.5 Å². The molecule has 4 nitrogen and oxygen atoms in total. The van der Waals surface area contributed by atoms with Crippen LogP contribution in [0.2, 0.25) is 0 Å². The van der Waals surface area contributed by atoms with Crippen molar-refractivity contribution >= 4 is 9.84 Å². The second-order valence-electron chi connectivity index (χ2n) is 6.11. The summed E-state index contributed by atoms with van der Waals surface area (Å²) in [5, 5.41) is -0.224. The molecule has 0 saturated heterocycles. The molecule has 0 heterocycles. The van der Waals surface area contributed by atoms with Crippen LogP contribution in [-0.4, -0.2) is 26.5 Å². The average Bonchev–Trinajstić information content (AvgIpc) is 2.47. The fourth-order valence-electron chi connectivity index (χ4n) is 3.06. The molecule has 1 aliphatic carbocycles. The van der Waals surface area contributed by atoms with Gasteiger partial charge in [0.2, 0.25) is 0 Å². The molecule has 0 spiro atoms. The Morgan fingerprint density at radius 1 is 1.38 bits per heavy atom. The zero-order chi connectivity index (χ0) is 15.5. The molecule has 0 radical (unpaired) electrons. The average molecular weight is 311 g/mol. The van der Waals surface area contributed by atoms with Gasteiger partial charge in [0.1, 0.15) is 5.75 Å². The van der Waals surface area contributed by atoms with Gasteiger partial charge in [-0.1, -0.05) is 31.9 Å². The number of rotatable bonds is 5. The molecule has 1 aromatic carbocycles. The molecule has 2 rings (SSSR count). The first-order valence-corrected chi connectivity index (χ1v) is 9.25. The molecule has 0 aliphatic heterocycles. The summed E-state index contributed by atoms with van der Waals surface area (Å²) in [5.74, 6) is 1.20. The number of sulfone groups is 1. The van der Waals surface area contributed by atoms with Crippen LogP contribution in [0.4, 0.5) is 0 Å². The van der Waals surface area contributed by atoms with Crippen molar-refractivity contribution in [2.45, 2.75) is 43.9 Å². The first kappa shape index (κ1) is 16.3. The predicted octanol–water partition coefficient (Wildman–Crippen LogP) is 2.69. The van der Waals surface area contributed by atoms with Crippen LogP contribution in [0.15, 0.2) is 24.3 Å². The minimum atomic E-state index is -3.15. The molecule has 2 N–H and O–H groups in total. The van der Waals surface area contributed by atoms with Gasteiger partial charge in [0.25, 0.3) is 0 Å². The van der Waals surface area contributed by atoms with Crippen LogP contribution in [0.25, 0.3) is 0 Å². The lowest BCUT2D eigenvalue weighted by molar-refractivity contribution is 0.381. The predicted molar refractivity (Wildman–Crippen MR) is 85.1 cm³/mol. The Morgan fingerprint density at radius 2 is 2.14 bits per heavy atom. The van der Waals surface area contributed by atoms with E-state index >= 15 is 0 Å². The molecule has 3 unspecified atom stereocenters. The topological polar surface area (TPSA) is 69.4 Å². The van der Waals surface area contributed by atoms with Gasteiger partial charge in [-0.25, -0.2) is 8.42 Å². The van der Waals surface area contributed by atoms with E-state index in [1.165, 1.54) is 0 Å². The fourth-order valence-corrected chi connectivity index (χ4v) is 5.17. The zero-order valence-corrected chi connectivity index (χ0v) is 13.6. The van der Waals surface area contributed by atoms with E-state index < -0.39 is 15.9 Å². The van der Waals surface area contributed by atoms with E-state index in [0.717, 1.165) is 31.2 Å².